The Labute approximate surface area is 89.8 Å². The third-order valence-electron chi connectivity index (χ3n) is 1.65. The van der Waals surface area contributed by atoms with Crippen LogP contribution in [0.4, 0.5) is 18.0 Å². The minimum Gasteiger partial charge on any atom is -0.434 e. The molecule has 0 saturated heterocycles. The molecule has 0 heterocycles. The molecule has 1 aromatic rings. The predicted octanol–water partition coefficient (Wildman–Crippen LogP) is 3.24. The smallest absolute Gasteiger partial charge is 0.434 e. The van der Waals surface area contributed by atoms with Crippen LogP contribution in [0.25, 0.3) is 0 Å². The van der Waals surface area contributed by atoms with Crippen LogP contribution in [0.2, 0.25) is 0 Å². The van der Waals surface area contributed by atoms with Crippen molar-refractivity contribution in [2.75, 3.05) is 6.61 Å². The standard InChI is InChI=1S/C10H9F3O3/c1-2-15-9(14)16-8-5-3-7(4-6-8)10(11,12)13/h3-6H,2H2,1H3. The molecule has 0 bridgehead atoms. The molecule has 0 aliphatic carbocycles. The highest BCUT2D eigenvalue weighted by molar-refractivity contribution is 5.63. The molecule has 88 valence electrons. The van der Waals surface area contributed by atoms with Crippen LogP contribution >= 0.6 is 0 Å². The highest BCUT2D eigenvalue weighted by Crippen LogP contribution is 2.30. The average molecular weight is 234 g/mol. The lowest BCUT2D eigenvalue weighted by molar-refractivity contribution is -0.137. The minimum absolute atomic E-state index is 0.00597. The lowest BCUT2D eigenvalue weighted by atomic mass is 10.2. The molecule has 0 spiro atoms. The number of benzene rings is 1. The Morgan fingerprint density at radius 1 is 1.25 bits per heavy atom. The fourth-order valence-electron chi connectivity index (χ4n) is 0.955. The van der Waals surface area contributed by atoms with Gasteiger partial charge < -0.3 is 9.47 Å². The zero-order valence-electron chi connectivity index (χ0n) is 8.38. The Balaban J connectivity index is 2.69. The van der Waals surface area contributed by atoms with E-state index >= 15 is 0 Å². The molecule has 0 N–H and O–H groups in total. The Bertz CT molecular complexity index is 357. The third-order valence-corrected chi connectivity index (χ3v) is 1.65. The Morgan fingerprint density at radius 2 is 1.81 bits per heavy atom. The second kappa shape index (κ2) is 4.87. The maximum absolute atomic E-state index is 12.2. The molecule has 0 aliphatic heterocycles. The summed E-state index contributed by atoms with van der Waals surface area (Å²) in [5, 5.41) is 0. The van der Waals surface area contributed by atoms with Crippen molar-refractivity contribution in [1.29, 1.82) is 0 Å². The van der Waals surface area contributed by atoms with Crippen molar-refractivity contribution >= 4 is 6.16 Å². The summed E-state index contributed by atoms with van der Waals surface area (Å²) in [6, 6.07) is 3.77. The normalized spacial score (nSPS) is 11.0. The van der Waals surface area contributed by atoms with Crippen LogP contribution in [0.1, 0.15) is 12.5 Å². The van der Waals surface area contributed by atoms with Gasteiger partial charge in [0.05, 0.1) is 12.2 Å². The quantitative estimate of drug-likeness (QED) is 0.582. The highest BCUT2D eigenvalue weighted by Gasteiger charge is 2.30. The number of hydrogen-bond donors (Lipinski definition) is 0. The van der Waals surface area contributed by atoms with E-state index in [1.54, 1.807) is 6.92 Å². The van der Waals surface area contributed by atoms with Crippen LogP contribution in [0.15, 0.2) is 24.3 Å². The fraction of sp³-hybridized carbons (Fsp3) is 0.300. The summed E-state index contributed by atoms with van der Waals surface area (Å²) >= 11 is 0. The van der Waals surface area contributed by atoms with Crippen LogP contribution in [0.3, 0.4) is 0 Å². The molecule has 0 saturated carbocycles. The van der Waals surface area contributed by atoms with Gasteiger partial charge in [-0.05, 0) is 31.2 Å². The van der Waals surface area contributed by atoms with Crippen molar-refractivity contribution in [3.8, 4) is 5.75 Å². The molecule has 0 radical (unpaired) electrons. The van der Waals surface area contributed by atoms with Crippen LogP contribution < -0.4 is 4.74 Å². The average Bonchev–Trinajstić information content (AvgIpc) is 2.17. The molecular formula is C10H9F3O3. The molecule has 0 atom stereocenters. The lowest BCUT2D eigenvalue weighted by Crippen LogP contribution is -2.10. The molecule has 6 heteroatoms. The van der Waals surface area contributed by atoms with E-state index in [2.05, 4.69) is 9.47 Å². The predicted molar refractivity (Wildman–Crippen MR) is 49.1 cm³/mol. The Kier molecular flexibility index (Phi) is 3.76. The van der Waals surface area contributed by atoms with Gasteiger partial charge in [-0.2, -0.15) is 13.2 Å². The van der Waals surface area contributed by atoms with Gasteiger partial charge in [0.25, 0.3) is 0 Å². The zero-order valence-corrected chi connectivity index (χ0v) is 8.38. The molecule has 1 rings (SSSR count). The number of ether oxygens (including phenoxy) is 2. The summed E-state index contributed by atoms with van der Waals surface area (Å²) in [5.41, 5.74) is -0.802. The van der Waals surface area contributed by atoms with E-state index in [1.807, 2.05) is 0 Å². The van der Waals surface area contributed by atoms with Gasteiger partial charge in [0, 0.05) is 0 Å². The van der Waals surface area contributed by atoms with Crippen LogP contribution in [0, 0.1) is 0 Å². The lowest BCUT2D eigenvalue weighted by Gasteiger charge is -2.07. The van der Waals surface area contributed by atoms with E-state index in [1.165, 1.54) is 0 Å². The third kappa shape index (κ3) is 3.45. The molecule has 1 aromatic carbocycles. The first-order chi connectivity index (χ1) is 7.43. The largest absolute Gasteiger partial charge is 0.513 e. The molecule has 0 aromatic heterocycles. The number of halogens is 3. The molecule has 3 nitrogen and oxygen atoms in total. The van der Waals surface area contributed by atoms with Gasteiger partial charge in [0.1, 0.15) is 5.75 Å². The molecule has 16 heavy (non-hydrogen) atoms. The monoisotopic (exact) mass is 234 g/mol. The van der Waals surface area contributed by atoms with E-state index < -0.39 is 17.9 Å². The van der Waals surface area contributed by atoms with E-state index in [4.69, 9.17) is 0 Å². The second-order valence-electron chi connectivity index (χ2n) is 2.81. The van der Waals surface area contributed by atoms with Gasteiger partial charge in [-0.15, -0.1) is 0 Å². The van der Waals surface area contributed by atoms with Crippen molar-refractivity contribution in [3.63, 3.8) is 0 Å². The summed E-state index contributed by atoms with van der Waals surface area (Å²) in [6.45, 7) is 1.73. The summed E-state index contributed by atoms with van der Waals surface area (Å²) in [4.78, 5) is 10.8. The van der Waals surface area contributed by atoms with Crippen LogP contribution in [-0.4, -0.2) is 12.8 Å². The first-order valence-corrected chi connectivity index (χ1v) is 4.45. The van der Waals surface area contributed by atoms with Crippen LogP contribution in [0.5, 0.6) is 5.75 Å². The van der Waals surface area contributed by atoms with Crippen molar-refractivity contribution in [2.45, 2.75) is 13.1 Å². The van der Waals surface area contributed by atoms with Gasteiger partial charge in [-0.25, -0.2) is 4.79 Å². The van der Waals surface area contributed by atoms with Crippen molar-refractivity contribution in [3.05, 3.63) is 29.8 Å². The molecular weight excluding hydrogens is 225 g/mol. The van der Waals surface area contributed by atoms with Crippen molar-refractivity contribution in [2.24, 2.45) is 0 Å². The number of rotatable bonds is 2. The maximum atomic E-state index is 12.2. The van der Waals surface area contributed by atoms with E-state index in [-0.39, 0.29) is 12.4 Å². The fourth-order valence-corrected chi connectivity index (χ4v) is 0.955. The first kappa shape index (κ1) is 12.4. The Morgan fingerprint density at radius 3 is 2.25 bits per heavy atom. The molecule has 0 amide bonds. The van der Waals surface area contributed by atoms with Gasteiger partial charge in [-0.1, -0.05) is 0 Å². The first-order valence-electron chi connectivity index (χ1n) is 4.45. The molecule has 0 fully saturated rings. The van der Waals surface area contributed by atoms with Gasteiger partial charge in [0.15, 0.2) is 0 Å². The van der Waals surface area contributed by atoms with Crippen LogP contribution in [-0.2, 0) is 10.9 Å². The molecule has 0 unspecified atom stereocenters. The van der Waals surface area contributed by atoms with E-state index in [9.17, 15) is 18.0 Å². The van der Waals surface area contributed by atoms with Crippen molar-refractivity contribution in [1.82, 2.24) is 0 Å². The Hall–Kier alpha value is -1.72. The summed E-state index contributed by atoms with van der Waals surface area (Å²) in [7, 11) is 0. The molecule has 0 aliphatic rings. The highest BCUT2D eigenvalue weighted by atomic mass is 19.4. The number of alkyl halides is 3. The van der Waals surface area contributed by atoms with E-state index in [0.29, 0.717) is 0 Å². The van der Waals surface area contributed by atoms with Crippen molar-refractivity contribution < 1.29 is 27.4 Å². The summed E-state index contributed by atoms with van der Waals surface area (Å²) < 4.78 is 45.6. The SMILES string of the molecule is CCOC(=O)Oc1ccc(C(F)(F)F)cc1. The zero-order chi connectivity index (χ0) is 12.2. The number of carbonyl (C=O) groups excluding carboxylic acids is 1. The topological polar surface area (TPSA) is 35.5 Å². The minimum atomic E-state index is -4.40. The second-order valence-corrected chi connectivity index (χ2v) is 2.81. The van der Waals surface area contributed by atoms with E-state index in [0.717, 1.165) is 24.3 Å². The number of hydrogen-bond acceptors (Lipinski definition) is 3. The van der Waals surface area contributed by atoms with Gasteiger partial charge >= 0.3 is 12.3 Å². The number of carbonyl (C=O) groups is 1. The summed E-state index contributed by atoms with van der Waals surface area (Å²) in [5.74, 6) is 0.00597. The van der Waals surface area contributed by atoms with Gasteiger partial charge in [-0.3, -0.25) is 0 Å². The van der Waals surface area contributed by atoms with Gasteiger partial charge in [0.2, 0.25) is 0 Å². The summed E-state index contributed by atoms with van der Waals surface area (Å²) in [6.07, 6.45) is -5.34. The maximum Gasteiger partial charge on any atom is 0.513 e.